The van der Waals surface area contributed by atoms with Gasteiger partial charge in [0.25, 0.3) is 0 Å². The summed E-state index contributed by atoms with van der Waals surface area (Å²) >= 11 is 5.91. The zero-order valence-corrected chi connectivity index (χ0v) is 20.2. The summed E-state index contributed by atoms with van der Waals surface area (Å²) in [6.07, 6.45) is 0. The van der Waals surface area contributed by atoms with Crippen LogP contribution in [0.15, 0.2) is 76.0 Å². The minimum absolute atomic E-state index is 0.0340. The number of methoxy groups -OCH3 is 1. The summed E-state index contributed by atoms with van der Waals surface area (Å²) < 4.78 is 38.4. The smallest absolute Gasteiger partial charge is 0.243 e. The molecule has 0 aliphatic heterocycles. The molecule has 9 heteroatoms. The monoisotopic (exact) mass is 490 g/mol. The van der Waals surface area contributed by atoms with E-state index in [9.17, 15) is 13.2 Å². The van der Waals surface area contributed by atoms with E-state index in [0.29, 0.717) is 17.3 Å². The Kier molecular flexibility index (Phi) is 8.68. The number of nitrogens with zero attached hydrogens (tertiary/aromatic N) is 2. The number of carbonyl (C=O) groups is 1. The molecule has 1 amide bonds. The lowest BCUT2D eigenvalue weighted by molar-refractivity contribution is -0.133. The number of halogens is 1. The van der Waals surface area contributed by atoms with Crippen LogP contribution < -0.4 is 0 Å². The minimum Gasteiger partial charge on any atom is -0.464 e. The lowest BCUT2D eigenvalue weighted by Crippen LogP contribution is -2.43. The van der Waals surface area contributed by atoms with Crippen LogP contribution in [-0.2, 0) is 32.6 Å². The van der Waals surface area contributed by atoms with Crippen LogP contribution >= 0.6 is 11.6 Å². The summed E-state index contributed by atoms with van der Waals surface area (Å²) in [4.78, 5) is 15.0. The van der Waals surface area contributed by atoms with Crippen LogP contribution in [0.2, 0.25) is 5.02 Å². The fraction of sp³-hybridized carbons (Fsp3) is 0.292. The fourth-order valence-electron chi connectivity index (χ4n) is 3.28. The number of furan rings is 1. The minimum atomic E-state index is -3.94. The second-order valence-corrected chi connectivity index (χ2v) is 9.91. The highest BCUT2D eigenvalue weighted by Gasteiger charge is 2.29. The standard InChI is InChI=1S/C24H27ClN2O5S/c1-19-8-11-22(32-19)17-26(16-20-6-4-3-5-7-20)24(28)18-27(14-15-31-2)33(29,30)23-12-9-21(25)10-13-23/h3-13H,14-18H2,1-2H3. The third-order valence-corrected chi connectivity index (χ3v) is 7.13. The van der Waals surface area contributed by atoms with E-state index in [4.69, 9.17) is 20.8 Å². The first-order valence-corrected chi connectivity index (χ1v) is 12.2. The van der Waals surface area contributed by atoms with Crippen LogP contribution in [0.25, 0.3) is 0 Å². The van der Waals surface area contributed by atoms with Gasteiger partial charge in [-0.25, -0.2) is 8.42 Å². The number of hydrogen-bond donors (Lipinski definition) is 0. The van der Waals surface area contributed by atoms with Crippen molar-refractivity contribution in [1.82, 2.24) is 9.21 Å². The Morgan fingerprint density at radius 2 is 1.70 bits per heavy atom. The second kappa shape index (κ2) is 11.5. The molecule has 0 fully saturated rings. The van der Waals surface area contributed by atoms with E-state index in [1.54, 1.807) is 4.90 Å². The Balaban J connectivity index is 1.85. The average molecular weight is 491 g/mol. The molecule has 1 heterocycles. The molecule has 2 aromatic carbocycles. The van der Waals surface area contributed by atoms with Crippen LogP contribution in [0.4, 0.5) is 0 Å². The summed E-state index contributed by atoms with van der Waals surface area (Å²) in [5, 5.41) is 0.427. The topological polar surface area (TPSA) is 80.1 Å². The first-order valence-electron chi connectivity index (χ1n) is 10.4. The Bertz CT molecular complexity index is 1150. The highest BCUT2D eigenvalue weighted by Crippen LogP contribution is 2.20. The van der Waals surface area contributed by atoms with E-state index in [-0.39, 0.29) is 37.0 Å². The van der Waals surface area contributed by atoms with Crippen LogP contribution in [-0.4, -0.2) is 50.3 Å². The maximum absolute atomic E-state index is 13.4. The Morgan fingerprint density at radius 1 is 1.00 bits per heavy atom. The predicted molar refractivity (Wildman–Crippen MR) is 126 cm³/mol. The van der Waals surface area contributed by atoms with Gasteiger partial charge in [0.1, 0.15) is 11.5 Å². The van der Waals surface area contributed by atoms with Crippen molar-refractivity contribution in [3.05, 3.63) is 88.8 Å². The quantitative estimate of drug-likeness (QED) is 0.404. The zero-order valence-electron chi connectivity index (χ0n) is 18.6. The van der Waals surface area contributed by atoms with Crippen molar-refractivity contribution in [2.75, 3.05) is 26.8 Å². The van der Waals surface area contributed by atoms with Crippen molar-refractivity contribution in [1.29, 1.82) is 0 Å². The molecule has 0 saturated carbocycles. The van der Waals surface area contributed by atoms with Gasteiger partial charge in [-0.05, 0) is 48.9 Å². The number of aryl methyl sites for hydroxylation is 1. The first kappa shape index (κ1) is 25.0. The van der Waals surface area contributed by atoms with Crippen molar-refractivity contribution in [2.45, 2.75) is 24.9 Å². The molecule has 33 heavy (non-hydrogen) atoms. The highest BCUT2D eigenvalue weighted by molar-refractivity contribution is 7.89. The molecule has 0 radical (unpaired) electrons. The van der Waals surface area contributed by atoms with Gasteiger partial charge >= 0.3 is 0 Å². The van der Waals surface area contributed by atoms with Crippen molar-refractivity contribution >= 4 is 27.5 Å². The van der Waals surface area contributed by atoms with Gasteiger partial charge in [0.2, 0.25) is 15.9 Å². The van der Waals surface area contributed by atoms with Gasteiger partial charge in [0.05, 0.1) is 24.6 Å². The van der Waals surface area contributed by atoms with E-state index in [1.165, 1.54) is 31.4 Å². The van der Waals surface area contributed by atoms with Gasteiger partial charge in [0, 0.05) is 25.2 Å². The van der Waals surface area contributed by atoms with Crippen molar-refractivity contribution in [3.8, 4) is 0 Å². The molecular weight excluding hydrogens is 464 g/mol. The molecule has 7 nitrogen and oxygen atoms in total. The van der Waals surface area contributed by atoms with Crippen LogP contribution in [0, 0.1) is 6.92 Å². The average Bonchev–Trinajstić information content (AvgIpc) is 3.21. The fourth-order valence-corrected chi connectivity index (χ4v) is 4.78. The molecule has 3 rings (SSSR count). The van der Waals surface area contributed by atoms with Crippen LogP contribution in [0.1, 0.15) is 17.1 Å². The molecule has 1 aromatic heterocycles. The summed E-state index contributed by atoms with van der Waals surface area (Å²) in [7, 11) is -2.45. The number of rotatable bonds is 11. The van der Waals surface area contributed by atoms with Crippen molar-refractivity contribution in [3.63, 3.8) is 0 Å². The summed E-state index contributed by atoms with van der Waals surface area (Å²) in [6, 6.07) is 19.0. The SMILES string of the molecule is COCCN(CC(=O)N(Cc1ccccc1)Cc1ccc(C)o1)S(=O)(=O)c1ccc(Cl)cc1. The van der Waals surface area contributed by atoms with E-state index in [2.05, 4.69) is 0 Å². The van der Waals surface area contributed by atoms with E-state index in [1.807, 2.05) is 49.4 Å². The number of sulfonamides is 1. The molecule has 0 spiro atoms. The number of carbonyl (C=O) groups excluding carboxylic acids is 1. The Morgan fingerprint density at radius 3 is 2.30 bits per heavy atom. The van der Waals surface area contributed by atoms with Crippen LogP contribution in [0.3, 0.4) is 0 Å². The van der Waals surface area contributed by atoms with Gasteiger partial charge in [0.15, 0.2) is 0 Å². The molecule has 0 aliphatic carbocycles. The van der Waals surface area contributed by atoms with Crippen molar-refractivity contribution in [2.24, 2.45) is 0 Å². The molecule has 0 bridgehead atoms. The maximum atomic E-state index is 13.4. The molecule has 3 aromatic rings. The Labute approximate surface area is 199 Å². The largest absolute Gasteiger partial charge is 0.464 e. The first-order chi connectivity index (χ1) is 15.8. The maximum Gasteiger partial charge on any atom is 0.243 e. The summed E-state index contributed by atoms with van der Waals surface area (Å²) in [6.45, 7) is 2.22. The second-order valence-electron chi connectivity index (χ2n) is 7.53. The summed E-state index contributed by atoms with van der Waals surface area (Å²) in [5.41, 5.74) is 0.929. The van der Waals surface area contributed by atoms with Gasteiger partial charge < -0.3 is 14.1 Å². The van der Waals surface area contributed by atoms with E-state index in [0.717, 1.165) is 15.6 Å². The van der Waals surface area contributed by atoms with Gasteiger partial charge in [-0.1, -0.05) is 41.9 Å². The molecular formula is C24H27ClN2O5S. The normalized spacial score (nSPS) is 11.6. The summed E-state index contributed by atoms with van der Waals surface area (Å²) in [5.74, 6) is 1.02. The number of benzene rings is 2. The molecule has 0 N–H and O–H groups in total. The van der Waals surface area contributed by atoms with Crippen LogP contribution in [0.5, 0.6) is 0 Å². The lowest BCUT2D eigenvalue weighted by atomic mass is 10.2. The molecule has 0 saturated heterocycles. The Hall–Kier alpha value is -2.65. The van der Waals surface area contributed by atoms with E-state index < -0.39 is 10.0 Å². The van der Waals surface area contributed by atoms with Gasteiger partial charge in [-0.2, -0.15) is 4.31 Å². The third-order valence-electron chi connectivity index (χ3n) is 5.02. The van der Waals surface area contributed by atoms with Gasteiger partial charge in [-0.15, -0.1) is 0 Å². The highest BCUT2D eigenvalue weighted by atomic mass is 35.5. The lowest BCUT2D eigenvalue weighted by Gasteiger charge is -2.27. The van der Waals surface area contributed by atoms with E-state index >= 15 is 0 Å². The zero-order chi connectivity index (χ0) is 23.8. The number of ether oxygens (including phenoxy) is 1. The number of amides is 1. The molecule has 0 atom stereocenters. The molecule has 176 valence electrons. The molecule has 0 aliphatic rings. The molecule has 0 unspecified atom stereocenters. The van der Waals surface area contributed by atoms with Gasteiger partial charge in [-0.3, -0.25) is 4.79 Å². The van der Waals surface area contributed by atoms with Crippen molar-refractivity contribution < 1.29 is 22.4 Å². The predicted octanol–water partition coefficient (Wildman–Crippen LogP) is 4.11. The third kappa shape index (κ3) is 6.91. The number of hydrogen-bond acceptors (Lipinski definition) is 5.